The number of aliphatic hydroxyl groups is 1. The predicted molar refractivity (Wildman–Crippen MR) is 81.5 cm³/mol. The largest absolute Gasteiger partial charge is 0.421 e. The molecule has 7 heteroatoms. The number of halogens is 3. The number of nitrogen functional groups attached to an aromatic ring is 2. The molecule has 5 N–H and O–H groups in total. The number of benzene rings is 2. The van der Waals surface area contributed by atoms with Crippen molar-refractivity contribution in [2.45, 2.75) is 28.5 Å². The van der Waals surface area contributed by atoms with E-state index in [2.05, 4.69) is 0 Å². The zero-order valence-electron chi connectivity index (χ0n) is 11.7. The lowest BCUT2D eigenvalue weighted by Gasteiger charge is -2.28. The summed E-state index contributed by atoms with van der Waals surface area (Å²) in [6.45, 7) is 0.691. The smallest absolute Gasteiger partial charge is 0.399 e. The lowest BCUT2D eigenvalue weighted by Crippen LogP contribution is -2.39. The Morgan fingerprint density at radius 1 is 0.955 bits per heavy atom. The van der Waals surface area contributed by atoms with Crippen molar-refractivity contribution in [2.24, 2.45) is 0 Å². The molecule has 0 fully saturated rings. The van der Waals surface area contributed by atoms with Crippen LogP contribution in [-0.2, 0) is 5.60 Å². The van der Waals surface area contributed by atoms with Crippen molar-refractivity contribution in [2.75, 3.05) is 11.5 Å². The molecule has 0 bridgehead atoms. The highest BCUT2D eigenvalue weighted by molar-refractivity contribution is 7.99. The first-order valence-electron chi connectivity index (χ1n) is 6.34. The van der Waals surface area contributed by atoms with E-state index in [1.807, 2.05) is 0 Å². The van der Waals surface area contributed by atoms with Gasteiger partial charge in [-0.25, -0.2) is 0 Å². The standard InChI is InChI=1S/C15H15F3N2OS/c1-14(21,15(16,17)18)12-8-11(6-7-13(12)20)22-10-4-2-9(19)3-5-10/h2-8,21H,19-20H2,1H3. The van der Waals surface area contributed by atoms with E-state index in [1.165, 1.54) is 23.9 Å². The van der Waals surface area contributed by atoms with Gasteiger partial charge in [0.25, 0.3) is 0 Å². The normalized spacial score (nSPS) is 14.6. The zero-order valence-corrected chi connectivity index (χ0v) is 12.5. The van der Waals surface area contributed by atoms with Gasteiger partial charge in [-0.05, 0) is 49.4 Å². The first-order valence-corrected chi connectivity index (χ1v) is 7.15. The maximum atomic E-state index is 13.0. The van der Waals surface area contributed by atoms with Gasteiger partial charge in [-0.15, -0.1) is 0 Å². The molecule has 22 heavy (non-hydrogen) atoms. The summed E-state index contributed by atoms with van der Waals surface area (Å²) in [7, 11) is 0. The number of hydrogen-bond donors (Lipinski definition) is 3. The van der Waals surface area contributed by atoms with E-state index in [0.29, 0.717) is 17.5 Å². The second-order valence-electron chi connectivity index (χ2n) is 4.99. The van der Waals surface area contributed by atoms with Crippen LogP contribution in [0.2, 0.25) is 0 Å². The molecule has 0 aliphatic rings. The van der Waals surface area contributed by atoms with Crippen molar-refractivity contribution >= 4 is 23.1 Å². The van der Waals surface area contributed by atoms with Crippen molar-refractivity contribution in [3.05, 3.63) is 48.0 Å². The molecule has 0 spiro atoms. The van der Waals surface area contributed by atoms with E-state index in [1.54, 1.807) is 30.3 Å². The Kier molecular flexibility index (Phi) is 4.30. The molecule has 0 aliphatic heterocycles. The number of rotatable bonds is 3. The Labute approximate surface area is 130 Å². The Morgan fingerprint density at radius 2 is 1.50 bits per heavy atom. The average Bonchev–Trinajstić information content (AvgIpc) is 2.42. The Hall–Kier alpha value is -1.86. The highest BCUT2D eigenvalue weighted by Crippen LogP contribution is 2.42. The molecule has 2 aromatic rings. The van der Waals surface area contributed by atoms with Crippen molar-refractivity contribution in [3.8, 4) is 0 Å². The van der Waals surface area contributed by atoms with Crippen LogP contribution in [0.15, 0.2) is 52.3 Å². The molecule has 2 aromatic carbocycles. The van der Waals surface area contributed by atoms with Crippen molar-refractivity contribution in [1.29, 1.82) is 0 Å². The maximum Gasteiger partial charge on any atom is 0.421 e. The van der Waals surface area contributed by atoms with Gasteiger partial charge in [0.1, 0.15) is 0 Å². The molecule has 0 saturated carbocycles. The van der Waals surface area contributed by atoms with E-state index in [9.17, 15) is 18.3 Å². The minimum atomic E-state index is -4.81. The number of nitrogens with two attached hydrogens (primary N) is 2. The molecule has 1 unspecified atom stereocenters. The molecular formula is C15H15F3N2OS. The first-order chi connectivity index (χ1) is 10.1. The Bertz CT molecular complexity index is 669. The highest BCUT2D eigenvalue weighted by atomic mass is 32.2. The summed E-state index contributed by atoms with van der Waals surface area (Å²) in [4.78, 5) is 1.36. The van der Waals surface area contributed by atoms with Gasteiger partial charge in [-0.2, -0.15) is 13.2 Å². The SMILES string of the molecule is CC(O)(c1cc(Sc2ccc(N)cc2)ccc1N)C(F)(F)F. The van der Waals surface area contributed by atoms with E-state index in [4.69, 9.17) is 11.5 Å². The topological polar surface area (TPSA) is 72.3 Å². The highest BCUT2D eigenvalue weighted by Gasteiger charge is 2.52. The summed E-state index contributed by atoms with van der Waals surface area (Å²) in [6.07, 6.45) is -4.81. The minimum absolute atomic E-state index is 0.107. The van der Waals surface area contributed by atoms with Crippen LogP contribution in [0.5, 0.6) is 0 Å². The molecule has 118 valence electrons. The fraction of sp³-hybridized carbons (Fsp3) is 0.200. The fourth-order valence-corrected chi connectivity index (χ4v) is 2.70. The number of anilines is 2. The summed E-state index contributed by atoms with van der Waals surface area (Å²) in [5.74, 6) is 0. The van der Waals surface area contributed by atoms with E-state index >= 15 is 0 Å². The van der Waals surface area contributed by atoms with Gasteiger partial charge in [0.2, 0.25) is 0 Å². The van der Waals surface area contributed by atoms with Crippen LogP contribution in [0.4, 0.5) is 24.5 Å². The van der Waals surface area contributed by atoms with Crippen LogP contribution in [0.3, 0.4) is 0 Å². The van der Waals surface area contributed by atoms with E-state index in [-0.39, 0.29) is 11.3 Å². The average molecular weight is 328 g/mol. The third-order valence-electron chi connectivity index (χ3n) is 3.22. The molecular weight excluding hydrogens is 313 g/mol. The molecule has 3 nitrogen and oxygen atoms in total. The molecule has 0 saturated heterocycles. The lowest BCUT2D eigenvalue weighted by atomic mass is 9.94. The van der Waals surface area contributed by atoms with E-state index < -0.39 is 11.8 Å². The zero-order chi connectivity index (χ0) is 16.5. The van der Waals surface area contributed by atoms with Gasteiger partial charge in [-0.1, -0.05) is 11.8 Å². The van der Waals surface area contributed by atoms with Gasteiger partial charge in [-0.3, -0.25) is 0 Å². The summed E-state index contributed by atoms with van der Waals surface area (Å²) >= 11 is 1.26. The van der Waals surface area contributed by atoms with Gasteiger partial charge in [0.05, 0.1) is 0 Å². The second-order valence-corrected chi connectivity index (χ2v) is 6.14. The molecule has 0 radical (unpaired) electrons. The van der Waals surface area contributed by atoms with Crippen LogP contribution in [0.25, 0.3) is 0 Å². The van der Waals surface area contributed by atoms with Crippen molar-refractivity contribution in [3.63, 3.8) is 0 Å². The van der Waals surface area contributed by atoms with Crippen molar-refractivity contribution in [1.82, 2.24) is 0 Å². The Balaban J connectivity index is 2.37. The summed E-state index contributed by atoms with van der Waals surface area (Å²) in [5.41, 5.74) is 8.31. The van der Waals surface area contributed by atoms with E-state index in [0.717, 1.165) is 4.90 Å². The quantitative estimate of drug-likeness (QED) is 0.750. The number of alkyl halides is 3. The van der Waals surface area contributed by atoms with Gasteiger partial charge >= 0.3 is 6.18 Å². The third-order valence-corrected chi connectivity index (χ3v) is 4.21. The molecule has 2 rings (SSSR count). The summed E-state index contributed by atoms with van der Waals surface area (Å²) in [6, 6.07) is 11.1. The summed E-state index contributed by atoms with van der Waals surface area (Å²) < 4.78 is 38.9. The van der Waals surface area contributed by atoms with Crippen LogP contribution in [0.1, 0.15) is 12.5 Å². The monoisotopic (exact) mass is 328 g/mol. The molecule has 0 heterocycles. The molecule has 1 atom stereocenters. The van der Waals surface area contributed by atoms with Gasteiger partial charge < -0.3 is 16.6 Å². The Morgan fingerprint density at radius 3 is 2.05 bits per heavy atom. The van der Waals surface area contributed by atoms with Crippen LogP contribution in [-0.4, -0.2) is 11.3 Å². The third kappa shape index (κ3) is 3.31. The first kappa shape index (κ1) is 16.5. The fourth-order valence-electron chi connectivity index (χ4n) is 1.85. The molecule has 0 aromatic heterocycles. The molecule has 0 amide bonds. The lowest BCUT2D eigenvalue weighted by molar-refractivity contribution is -0.258. The van der Waals surface area contributed by atoms with Gasteiger partial charge in [0, 0.05) is 26.7 Å². The predicted octanol–water partition coefficient (Wildman–Crippen LogP) is 3.77. The summed E-state index contributed by atoms with van der Waals surface area (Å²) in [5, 5.41) is 9.80. The molecule has 0 aliphatic carbocycles. The number of hydrogen-bond acceptors (Lipinski definition) is 4. The van der Waals surface area contributed by atoms with Crippen LogP contribution >= 0.6 is 11.8 Å². The van der Waals surface area contributed by atoms with Gasteiger partial charge in [0.15, 0.2) is 5.60 Å². The second kappa shape index (κ2) is 5.73. The van der Waals surface area contributed by atoms with Crippen LogP contribution < -0.4 is 11.5 Å². The van der Waals surface area contributed by atoms with Crippen molar-refractivity contribution < 1.29 is 18.3 Å². The minimum Gasteiger partial charge on any atom is -0.399 e. The maximum absolute atomic E-state index is 13.0. The van der Waals surface area contributed by atoms with Crippen LogP contribution in [0, 0.1) is 0 Å².